The molecule has 4 nitrogen and oxygen atoms in total. The Labute approximate surface area is 45.5 Å². The summed E-state index contributed by atoms with van der Waals surface area (Å²) in [5.74, 6) is 0.240. The molecule has 0 aromatic carbocycles. The molecule has 0 saturated carbocycles. The molecule has 1 heterocycles. The van der Waals surface area contributed by atoms with Gasteiger partial charge >= 0.3 is 5.89 Å². The number of nitrogens with zero attached hydrogens (tertiary/aromatic N) is 2. The quantitative estimate of drug-likeness (QED) is 0.513. The molecular formula is C4H3N3O. The van der Waals surface area contributed by atoms with Crippen LogP contribution < -0.4 is 5.73 Å². The third-order valence-electron chi connectivity index (χ3n) is 0.618. The van der Waals surface area contributed by atoms with Gasteiger partial charge in [-0.05, 0) is 0 Å². The average Bonchev–Trinajstić information content (AvgIpc) is 2.14. The molecule has 0 radical (unpaired) electrons. The van der Waals surface area contributed by atoms with Gasteiger partial charge in [-0.2, -0.15) is 10.2 Å². The summed E-state index contributed by atoms with van der Waals surface area (Å²) in [5, 5.41) is 8.09. The second-order valence-electron chi connectivity index (χ2n) is 1.19. The summed E-state index contributed by atoms with van der Waals surface area (Å²) in [4.78, 5) is 3.48. The number of nitrogens with two attached hydrogens (primary N) is 1. The molecule has 0 amide bonds. The van der Waals surface area contributed by atoms with Crippen molar-refractivity contribution < 1.29 is 4.42 Å². The molecule has 0 fully saturated rings. The van der Waals surface area contributed by atoms with Gasteiger partial charge in [0.1, 0.15) is 6.26 Å². The van der Waals surface area contributed by atoms with E-state index < -0.39 is 0 Å². The summed E-state index contributed by atoms with van der Waals surface area (Å²) in [6.45, 7) is 0. The van der Waals surface area contributed by atoms with E-state index in [0.717, 1.165) is 0 Å². The van der Waals surface area contributed by atoms with Gasteiger partial charge in [-0.1, -0.05) is 0 Å². The molecule has 1 aromatic heterocycles. The van der Waals surface area contributed by atoms with Crippen molar-refractivity contribution >= 4 is 5.82 Å². The SMILES string of the molecule is N#Cc1nc(N)co1. The predicted octanol–water partition coefficient (Wildman–Crippen LogP) is 0.128. The molecule has 0 atom stereocenters. The van der Waals surface area contributed by atoms with Crippen LogP contribution in [-0.2, 0) is 0 Å². The Kier molecular flexibility index (Phi) is 0.897. The van der Waals surface area contributed by atoms with Crippen LogP contribution in [0.1, 0.15) is 5.89 Å². The van der Waals surface area contributed by atoms with E-state index in [9.17, 15) is 0 Å². The molecule has 4 heteroatoms. The highest BCUT2D eigenvalue weighted by Crippen LogP contribution is 1.99. The van der Waals surface area contributed by atoms with E-state index in [4.69, 9.17) is 11.0 Å². The molecule has 0 aliphatic rings. The summed E-state index contributed by atoms with van der Waals surface area (Å²) in [5.41, 5.74) is 5.10. The predicted molar refractivity (Wildman–Crippen MR) is 25.6 cm³/mol. The van der Waals surface area contributed by atoms with Gasteiger partial charge in [0.05, 0.1) is 0 Å². The van der Waals surface area contributed by atoms with Crippen LogP contribution in [0.4, 0.5) is 5.82 Å². The van der Waals surface area contributed by atoms with Crippen molar-refractivity contribution in [2.45, 2.75) is 0 Å². The zero-order valence-corrected chi connectivity index (χ0v) is 3.96. The molecule has 1 aromatic rings. The van der Waals surface area contributed by atoms with Crippen LogP contribution in [0.15, 0.2) is 10.7 Å². The van der Waals surface area contributed by atoms with Crippen LogP contribution in [0.5, 0.6) is 0 Å². The minimum Gasteiger partial charge on any atom is -0.435 e. The van der Waals surface area contributed by atoms with Crippen LogP contribution in [-0.4, -0.2) is 4.98 Å². The number of rotatable bonds is 0. The van der Waals surface area contributed by atoms with Gasteiger partial charge in [0, 0.05) is 0 Å². The fourth-order valence-electron chi connectivity index (χ4n) is 0.337. The molecule has 0 aliphatic heterocycles. The fraction of sp³-hybridized carbons (Fsp3) is 0. The van der Waals surface area contributed by atoms with Crippen LogP contribution in [0.25, 0.3) is 0 Å². The van der Waals surface area contributed by atoms with Gasteiger partial charge in [-0.15, -0.1) is 0 Å². The number of hydrogen-bond donors (Lipinski definition) is 1. The van der Waals surface area contributed by atoms with Crippen LogP contribution >= 0.6 is 0 Å². The first-order valence-electron chi connectivity index (χ1n) is 1.94. The van der Waals surface area contributed by atoms with Crippen molar-refractivity contribution in [1.29, 1.82) is 5.26 Å². The van der Waals surface area contributed by atoms with Gasteiger partial charge in [0.2, 0.25) is 0 Å². The highest BCUT2D eigenvalue weighted by Gasteiger charge is 1.94. The van der Waals surface area contributed by atoms with E-state index in [1.165, 1.54) is 6.26 Å². The maximum absolute atomic E-state index is 8.09. The van der Waals surface area contributed by atoms with Gasteiger partial charge < -0.3 is 10.2 Å². The Balaban J connectivity index is 3.05. The number of anilines is 1. The van der Waals surface area contributed by atoms with Crippen molar-refractivity contribution in [2.24, 2.45) is 0 Å². The molecule has 1 rings (SSSR count). The van der Waals surface area contributed by atoms with Gasteiger partial charge in [-0.3, -0.25) is 0 Å². The lowest BCUT2D eigenvalue weighted by Gasteiger charge is -1.67. The van der Waals surface area contributed by atoms with E-state index >= 15 is 0 Å². The van der Waals surface area contributed by atoms with E-state index in [1.807, 2.05) is 0 Å². The topological polar surface area (TPSA) is 75.8 Å². The minimum atomic E-state index is 0.00231. The number of nitriles is 1. The standard InChI is InChI=1S/C4H3N3O/c5-1-4-7-3(6)2-8-4/h2H,6H2. The lowest BCUT2D eigenvalue weighted by atomic mass is 10.7. The molecule has 0 saturated heterocycles. The Bertz CT molecular complexity index is 221. The molecule has 8 heavy (non-hydrogen) atoms. The summed E-state index contributed by atoms with van der Waals surface area (Å²) < 4.78 is 4.52. The van der Waals surface area contributed by atoms with Crippen molar-refractivity contribution in [2.75, 3.05) is 5.73 Å². The first-order valence-corrected chi connectivity index (χ1v) is 1.94. The Morgan fingerprint density at radius 3 is 2.88 bits per heavy atom. The third-order valence-corrected chi connectivity index (χ3v) is 0.618. The van der Waals surface area contributed by atoms with Crippen molar-refractivity contribution in [1.82, 2.24) is 4.98 Å². The number of nitrogen functional groups attached to an aromatic ring is 1. The molecule has 0 bridgehead atoms. The molecule has 2 N–H and O–H groups in total. The van der Waals surface area contributed by atoms with Crippen molar-refractivity contribution in [3.8, 4) is 6.07 Å². The van der Waals surface area contributed by atoms with E-state index in [2.05, 4.69) is 9.40 Å². The maximum Gasteiger partial charge on any atom is 0.302 e. The summed E-state index contributed by atoms with van der Waals surface area (Å²) in [6.07, 6.45) is 1.22. The second kappa shape index (κ2) is 1.54. The van der Waals surface area contributed by atoms with Crippen molar-refractivity contribution in [3.05, 3.63) is 12.2 Å². The number of aromatic nitrogens is 1. The largest absolute Gasteiger partial charge is 0.435 e. The highest BCUT2D eigenvalue weighted by molar-refractivity contribution is 5.25. The first kappa shape index (κ1) is 4.65. The highest BCUT2D eigenvalue weighted by atomic mass is 16.3. The second-order valence-corrected chi connectivity index (χ2v) is 1.19. The Morgan fingerprint density at radius 1 is 1.88 bits per heavy atom. The third kappa shape index (κ3) is 0.611. The lowest BCUT2D eigenvalue weighted by molar-refractivity contribution is 0.542. The van der Waals surface area contributed by atoms with Crippen LogP contribution in [0.3, 0.4) is 0 Å². The molecule has 0 unspecified atom stereocenters. The van der Waals surface area contributed by atoms with Crippen LogP contribution in [0.2, 0.25) is 0 Å². The molecule has 40 valence electrons. The van der Waals surface area contributed by atoms with Gasteiger partial charge in [0.15, 0.2) is 11.9 Å². The number of oxazole rings is 1. The monoisotopic (exact) mass is 109 g/mol. The molecule has 0 spiro atoms. The summed E-state index contributed by atoms with van der Waals surface area (Å²) >= 11 is 0. The van der Waals surface area contributed by atoms with Crippen molar-refractivity contribution in [3.63, 3.8) is 0 Å². The maximum atomic E-state index is 8.09. The fourth-order valence-corrected chi connectivity index (χ4v) is 0.337. The molecular weight excluding hydrogens is 106 g/mol. The molecule has 0 aliphatic carbocycles. The summed E-state index contributed by atoms with van der Waals surface area (Å²) in [7, 11) is 0. The minimum absolute atomic E-state index is 0.00231. The number of hydrogen-bond acceptors (Lipinski definition) is 4. The first-order chi connectivity index (χ1) is 3.83. The zero-order valence-electron chi connectivity index (χ0n) is 3.96. The van der Waals surface area contributed by atoms with E-state index in [-0.39, 0.29) is 11.7 Å². The average molecular weight is 109 g/mol. The summed E-state index contributed by atoms with van der Waals surface area (Å²) in [6, 6.07) is 1.69. The smallest absolute Gasteiger partial charge is 0.302 e. The van der Waals surface area contributed by atoms with Gasteiger partial charge in [-0.25, -0.2) is 0 Å². The Hall–Kier alpha value is -1.50. The Morgan fingerprint density at radius 2 is 2.62 bits per heavy atom. The normalized spacial score (nSPS) is 8.38. The van der Waals surface area contributed by atoms with E-state index in [0.29, 0.717) is 0 Å². The van der Waals surface area contributed by atoms with Crippen LogP contribution in [0, 0.1) is 11.3 Å². The lowest BCUT2D eigenvalue weighted by Crippen LogP contribution is -1.82. The van der Waals surface area contributed by atoms with E-state index in [1.54, 1.807) is 6.07 Å². The zero-order chi connectivity index (χ0) is 5.98. The van der Waals surface area contributed by atoms with Gasteiger partial charge in [0.25, 0.3) is 0 Å².